The summed E-state index contributed by atoms with van der Waals surface area (Å²) in [6.45, 7) is 4.19. The Morgan fingerprint density at radius 2 is 1.88 bits per heavy atom. The van der Waals surface area contributed by atoms with E-state index in [0.29, 0.717) is 21.7 Å². The standard InChI is InChI=1S/C18H15ClN2O3S/c1-10(2)11-6-8-12(9-7-11)20-18(22)17-15(19)13-4-3-5-14(21(23)24)16(13)25-17/h3-10H,1-2H3,(H,20,22). The maximum atomic E-state index is 12.5. The molecule has 0 bridgehead atoms. The highest BCUT2D eigenvalue weighted by Gasteiger charge is 2.22. The Hall–Kier alpha value is -2.44. The molecular formula is C18H15ClN2O3S. The lowest BCUT2D eigenvalue weighted by atomic mass is 10.0. The molecule has 1 aromatic heterocycles. The molecule has 0 unspecified atom stereocenters. The summed E-state index contributed by atoms with van der Waals surface area (Å²) in [7, 11) is 0. The summed E-state index contributed by atoms with van der Waals surface area (Å²) in [4.78, 5) is 23.5. The largest absolute Gasteiger partial charge is 0.321 e. The molecule has 0 radical (unpaired) electrons. The summed E-state index contributed by atoms with van der Waals surface area (Å²) >= 11 is 7.32. The van der Waals surface area contributed by atoms with Crippen LogP contribution in [-0.4, -0.2) is 10.8 Å². The third-order valence-electron chi connectivity index (χ3n) is 3.87. The van der Waals surface area contributed by atoms with E-state index in [1.807, 2.05) is 24.3 Å². The summed E-state index contributed by atoms with van der Waals surface area (Å²) in [5, 5.41) is 14.7. The fourth-order valence-corrected chi connectivity index (χ4v) is 3.99. The van der Waals surface area contributed by atoms with Crippen molar-refractivity contribution in [3.8, 4) is 0 Å². The Labute approximate surface area is 153 Å². The minimum absolute atomic E-state index is 0.0512. The molecule has 0 aliphatic heterocycles. The number of fused-ring (bicyclic) bond motifs is 1. The Morgan fingerprint density at radius 3 is 2.48 bits per heavy atom. The number of anilines is 1. The molecule has 1 heterocycles. The molecule has 0 aliphatic rings. The van der Waals surface area contributed by atoms with Crippen molar-refractivity contribution in [3.63, 3.8) is 0 Å². The first-order valence-electron chi connectivity index (χ1n) is 7.65. The van der Waals surface area contributed by atoms with Crippen LogP contribution < -0.4 is 5.32 Å². The molecular weight excluding hydrogens is 360 g/mol. The predicted molar refractivity (Wildman–Crippen MR) is 102 cm³/mol. The highest BCUT2D eigenvalue weighted by Crippen LogP contribution is 2.40. The van der Waals surface area contributed by atoms with Crippen LogP contribution in [0.15, 0.2) is 42.5 Å². The lowest BCUT2D eigenvalue weighted by Crippen LogP contribution is -2.10. The van der Waals surface area contributed by atoms with Gasteiger partial charge in [0.05, 0.1) is 9.95 Å². The summed E-state index contributed by atoms with van der Waals surface area (Å²) < 4.78 is 0.401. The number of hydrogen-bond acceptors (Lipinski definition) is 4. The minimum Gasteiger partial charge on any atom is -0.321 e. The highest BCUT2D eigenvalue weighted by atomic mass is 35.5. The zero-order chi connectivity index (χ0) is 18.1. The first kappa shape index (κ1) is 17.4. The van der Waals surface area contributed by atoms with Gasteiger partial charge in [-0.1, -0.05) is 49.7 Å². The first-order chi connectivity index (χ1) is 11.9. The van der Waals surface area contributed by atoms with Crippen molar-refractivity contribution in [1.29, 1.82) is 0 Å². The van der Waals surface area contributed by atoms with Gasteiger partial charge in [-0.2, -0.15) is 0 Å². The molecule has 3 aromatic rings. The topological polar surface area (TPSA) is 72.2 Å². The number of carbonyl (C=O) groups is 1. The number of amides is 1. The molecule has 0 aliphatic carbocycles. The van der Waals surface area contributed by atoms with Crippen LogP contribution in [0.1, 0.15) is 35.0 Å². The molecule has 2 aromatic carbocycles. The second-order valence-electron chi connectivity index (χ2n) is 5.89. The average molecular weight is 375 g/mol. The molecule has 0 saturated heterocycles. The third-order valence-corrected chi connectivity index (χ3v) is 5.60. The van der Waals surface area contributed by atoms with Crippen molar-refractivity contribution in [2.24, 2.45) is 0 Å². The molecule has 0 saturated carbocycles. The number of nitrogens with zero attached hydrogens (tertiary/aromatic N) is 1. The lowest BCUT2D eigenvalue weighted by molar-refractivity contribution is -0.382. The van der Waals surface area contributed by atoms with Crippen LogP contribution in [0.5, 0.6) is 0 Å². The van der Waals surface area contributed by atoms with Gasteiger partial charge in [-0.05, 0) is 23.6 Å². The minimum atomic E-state index is -0.471. The van der Waals surface area contributed by atoms with Crippen LogP contribution in [0.2, 0.25) is 5.02 Å². The molecule has 25 heavy (non-hydrogen) atoms. The number of benzene rings is 2. The van der Waals surface area contributed by atoms with Gasteiger partial charge in [0.2, 0.25) is 0 Å². The van der Waals surface area contributed by atoms with Gasteiger partial charge in [0.25, 0.3) is 11.6 Å². The summed E-state index contributed by atoms with van der Waals surface area (Å²) in [5.74, 6) is 0.0279. The van der Waals surface area contributed by atoms with Crippen molar-refractivity contribution in [3.05, 3.63) is 68.0 Å². The molecule has 128 valence electrons. The van der Waals surface area contributed by atoms with Gasteiger partial charge in [-0.25, -0.2) is 0 Å². The fourth-order valence-electron chi connectivity index (χ4n) is 2.50. The van der Waals surface area contributed by atoms with Crippen molar-refractivity contribution in [1.82, 2.24) is 0 Å². The number of nitro groups is 1. The number of nitrogens with one attached hydrogen (secondary N) is 1. The number of carbonyl (C=O) groups excluding carboxylic acids is 1. The Morgan fingerprint density at radius 1 is 1.20 bits per heavy atom. The van der Waals surface area contributed by atoms with Gasteiger partial charge in [0.1, 0.15) is 9.58 Å². The Kier molecular flexibility index (Phi) is 4.74. The fraction of sp³-hybridized carbons (Fsp3) is 0.167. The second kappa shape index (κ2) is 6.82. The Bertz CT molecular complexity index is 964. The van der Waals surface area contributed by atoms with Crippen molar-refractivity contribution in [2.45, 2.75) is 19.8 Å². The predicted octanol–water partition coefficient (Wildman–Crippen LogP) is 5.84. The van der Waals surface area contributed by atoms with E-state index in [4.69, 9.17) is 11.6 Å². The molecule has 7 heteroatoms. The van der Waals surface area contributed by atoms with E-state index in [2.05, 4.69) is 19.2 Å². The second-order valence-corrected chi connectivity index (χ2v) is 7.29. The van der Waals surface area contributed by atoms with Crippen LogP contribution in [0.3, 0.4) is 0 Å². The SMILES string of the molecule is CC(C)c1ccc(NC(=O)c2sc3c([N+](=O)[O-])cccc3c2Cl)cc1. The van der Waals surface area contributed by atoms with Crippen LogP contribution in [0.4, 0.5) is 11.4 Å². The van der Waals surface area contributed by atoms with Gasteiger partial charge in [0.15, 0.2) is 0 Å². The molecule has 0 fully saturated rings. The van der Waals surface area contributed by atoms with E-state index < -0.39 is 4.92 Å². The first-order valence-corrected chi connectivity index (χ1v) is 8.84. The Balaban J connectivity index is 1.93. The number of hydrogen-bond donors (Lipinski definition) is 1. The van der Waals surface area contributed by atoms with Gasteiger partial charge in [-0.15, -0.1) is 11.3 Å². The molecule has 5 nitrogen and oxygen atoms in total. The van der Waals surface area contributed by atoms with E-state index in [0.717, 1.165) is 11.3 Å². The van der Waals surface area contributed by atoms with E-state index in [9.17, 15) is 14.9 Å². The van der Waals surface area contributed by atoms with Gasteiger partial charge in [0, 0.05) is 17.1 Å². The zero-order valence-corrected chi connectivity index (χ0v) is 15.1. The van der Waals surface area contributed by atoms with Crippen molar-refractivity contribution >= 4 is 50.3 Å². The van der Waals surface area contributed by atoms with E-state index in [1.165, 1.54) is 11.6 Å². The number of nitro benzene ring substituents is 1. The quantitative estimate of drug-likeness (QED) is 0.460. The molecule has 0 spiro atoms. The van der Waals surface area contributed by atoms with Crippen molar-refractivity contribution in [2.75, 3.05) is 5.32 Å². The highest BCUT2D eigenvalue weighted by molar-refractivity contribution is 7.22. The molecule has 1 N–H and O–H groups in total. The van der Waals surface area contributed by atoms with Gasteiger partial charge in [-0.3, -0.25) is 14.9 Å². The van der Waals surface area contributed by atoms with Crippen molar-refractivity contribution < 1.29 is 9.72 Å². The van der Waals surface area contributed by atoms with Crippen LogP contribution in [-0.2, 0) is 0 Å². The smallest absolute Gasteiger partial charge is 0.287 e. The normalized spacial score (nSPS) is 11.0. The lowest BCUT2D eigenvalue weighted by Gasteiger charge is -2.08. The number of rotatable bonds is 4. The molecule has 1 amide bonds. The maximum Gasteiger partial charge on any atom is 0.287 e. The van der Waals surface area contributed by atoms with E-state index in [1.54, 1.807) is 12.1 Å². The zero-order valence-electron chi connectivity index (χ0n) is 13.6. The van der Waals surface area contributed by atoms with E-state index in [-0.39, 0.29) is 21.5 Å². The molecule has 3 rings (SSSR count). The van der Waals surface area contributed by atoms with Crippen LogP contribution in [0, 0.1) is 10.1 Å². The number of thiophene rings is 1. The maximum absolute atomic E-state index is 12.5. The number of non-ortho nitro benzene ring substituents is 1. The van der Waals surface area contributed by atoms with Gasteiger partial charge >= 0.3 is 0 Å². The molecule has 0 atom stereocenters. The average Bonchev–Trinajstić information content (AvgIpc) is 2.92. The van der Waals surface area contributed by atoms with E-state index >= 15 is 0 Å². The summed E-state index contributed by atoms with van der Waals surface area (Å²) in [6.07, 6.45) is 0. The van der Waals surface area contributed by atoms with Crippen LogP contribution in [0.25, 0.3) is 10.1 Å². The monoisotopic (exact) mass is 374 g/mol. The third kappa shape index (κ3) is 3.36. The number of halogens is 1. The summed E-state index contributed by atoms with van der Waals surface area (Å²) in [5.41, 5.74) is 1.77. The summed E-state index contributed by atoms with van der Waals surface area (Å²) in [6, 6.07) is 12.2. The van der Waals surface area contributed by atoms with Crippen LogP contribution >= 0.6 is 22.9 Å². The van der Waals surface area contributed by atoms with Gasteiger partial charge < -0.3 is 5.32 Å².